The van der Waals surface area contributed by atoms with Crippen LogP contribution in [0.1, 0.15) is 32.6 Å². The highest BCUT2D eigenvalue weighted by Crippen LogP contribution is 2.37. The third-order valence-electron chi connectivity index (χ3n) is 5.01. The van der Waals surface area contributed by atoms with Crippen LogP contribution in [0, 0.1) is 11.8 Å². The Labute approximate surface area is 162 Å². The molecule has 0 bridgehead atoms. The second kappa shape index (κ2) is 8.08. The van der Waals surface area contributed by atoms with Crippen LogP contribution in [0.5, 0.6) is 0 Å². The lowest BCUT2D eigenvalue weighted by Crippen LogP contribution is -2.39. The Bertz CT molecular complexity index is 740. The Balaban J connectivity index is 1.53. The number of esters is 1. The number of rotatable bonds is 5. The molecule has 27 heavy (non-hydrogen) atoms. The molecule has 0 aromatic heterocycles. The standard InChI is InChI=1S/C19H21ClN2O5/c1-11(17(24)21-13-8-6-12(20)7-9-13)27-16(23)10-22-18(25)14-4-2-3-5-15(14)19(22)26/h6-9,11,14-15H,2-5,10H2,1H3,(H,21,24)/t11-,14-,15+/m1/s1. The van der Waals surface area contributed by atoms with Gasteiger partial charge in [-0.1, -0.05) is 24.4 Å². The summed E-state index contributed by atoms with van der Waals surface area (Å²) in [5.41, 5.74) is 0.515. The maximum absolute atomic E-state index is 12.4. The van der Waals surface area contributed by atoms with Crippen LogP contribution in [0.4, 0.5) is 5.69 Å². The fraction of sp³-hybridized carbons (Fsp3) is 0.474. The van der Waals surface area contributed by atoms with Crippen LogP contribution >= 0.6 is 11.6 Å². The molecule has 2 fully saturated rings. The van der Waals surface area contributed by atoms with Crippen LogP contribution in [0.3, 0.4) is 0 Å². The third-order valence-corrected chi connectivity index (χ3v) is 5.26. The van der Waals surface area contributed by atoms with Gasteiger partial charge in [0.25, 0.3) is 5.91 Å². The van der Waals surface area contributed by atoms with Crippen LogP contribution in [0.15, 0.2) is 24.3 Å². The molecule has 2 aliphatic rings. The number of imide groups is 1. The summed E-state index contributed by atoms with van der Waals surface area (Å²) >= 11 is 5.79. The molecule has 0 unspecified atom stereocenters. The molecule has 8 heteroatoms. The highest BCUT2D eigenvalue weighted by molar-refractivity contribution is 6.30. The minimum atomic E-state index is -1.07. The van der Waals surface area contributed by atoms with Crippen molar-refractivity contribution < 1.29 is 23.9 Å². The van der Waals surface area contributed by atoms with E-state index < -0.39 is 24.5 Å². The molecule has 1 N–H and O–H groups in total. The summed E-state index contributed by atoms with van der Waals surface area (Å²) in [6.07, 6.45) is 2.13. The quantitative estimate of drug-likeness (QED) is 0.613. The van der Waals surface area contributed by atoms with E-state index in [0.29, 0.717) is 23.6 Å². The maximum atomic E-state index is 12.4. The summed E-state index contributed by atoms with van der Waals surface area (Å²) in [6, 6.07) is 6.49. The van der Waals surface area contributed by atoms with E-state index in [2.05, 4.69) is 5.32 Å². The first-order valence-corrected chi connectivity index (χ1v) is 9.35. The first-order valence-electron chi connectivity index (χ1n) is 8.98. The molecule has 3 rings (SSSR count). The van der Waals surface area contributed by atoms with E-state index in [9.17, 15) is 19.2 Å². The van der Waals surface area contributed by atoms with E-state index in [4.69, 9.17) is 16.3 Å². The van der Waals surface area contributed by atoms with Crippen LogP contribution in [-0.2, 0) is 23.9 Å². The van der Waals surface area contributed by atoms with Crippen molar-refractivity contribution in [2.24, 2.45) is 11.8 Å². The lowest BCUT2D eigenvalue weighted by molar-refractivity contribution is -0.158. The monoisotopic (exact) mass is 392 g/mol. The Hall–Kier alpha value is -2.41. The number of amides is 3. The van der Waals surface area contributed by atoms with Gasteiger partial charge in [0.15, 0.2) is 6.10 Å². The lowest BCUT2D eigenvalue weighted by atomic mass is 9.81. The molecule has 7 nitrogen and oxygen atoms in total. The molecule has 0 radical (unpaired) electrons. The van der Waals surface area contributed by atoms with Gasteiger partial charge in [-0.2, -0.15) is 0 Å². The summed E-state index contributed by atoms with van der Waals surface area (Å²) in [4.78, 5) is 50.0. The Kier molecular flexibility index (Phi) is 5.79. The van der Waals surface area contributed by atoms with E-state index in [0.717, 1.165) is 17.7 Å². The van der Waals surface area contributed by atoms with Crippen molar-refractivity contribution in [1.29, 1.82) is 0 Å². The summed E-state index contributed by atoms with van der Waals surface area (Å²) in [6.45, 7) is 0.972. The Morgan fingerprint density at radius 1 is 1.15 bits per heavy atom. The molecule has 1 saturated heterocycles. The van der Waals surface area contributed by atoms with Gasteiger partial charge in [-0.25, -0.2) is 0 Å². The smallest absolute Gasteiger partial charge is 0.326 e. The second-order valence-electron chi connectivity index (χ2n) is 6.89. The van der Waals surface area contributed by atoms with Gasteiger partial charge in [-0.3, -0.25) is 24.1 Å². The minimum Gasteiger partial charge on any atom is -0.451 e. The Morgan fingerprint density at radius 2 is 1.70 bits per heavy atom. The fourth-order valence-corrected chi connectivity index (χ4v) is 3.71. The van der Waals surface area contributed by atoms with Crippen LogP contribution in [0.2, 0.25) is 5.02 Å². The molecule has 1 aromatic rings. The number of hydrogen-bond acceptors (Lipinski definition) is 5. The first kappa shape index (κ1) is 19.4. The largest absolute Gasteiger partial charge is 0.451 e. The van der Waals surface area contributed by atoms with Crippen LogP contribution in [-0.4, -0.2) is 41.2 Å². The van der Waals surface area contributed by atoms with Crippen LogP contribution in [0.25, 0.3) is 0 Å². The number of nitrogens with zero attached hydrogens (tertiary/aromatic N) is 1. The topological polar surface area (TPSA) is 92.8 Å². The van der Waals surface area contributed by atoms with E-state index in [1.165, 1.54) is 6.92 Å². The number of benzene rings is 1. The zero-order valence-electron chi connectivity index (χ0n) is 14.9. The first-order chi connectivity index (χ1) is 12.9. The molecule has 1 aliphatic carbocycles. The van der Waals surface area contributed by atoms with Crippen molar-refractivity contribution in [1.82, 2.24) is 4.90 Å². The number of ether oxygens (including phenoxy) is 1. The molecular weight excluding hydrogens is 372 g/mol. The van der Waals surface area contributed by atoms with Crippen molar-refractivity contribution in [3.8, 4) is 0 Å². The second-order valence-corrected chi connectivity index (χ2v) is 7.32. The molecule has 1 heterocycles. The Morgan fingerprint density at radius 3 is 2.26 bits per heavy atom. The van der Waals surface area contributed by atoms with Gasteiger partial charge in [0, 0.05) is 10.7 Å². The van der Waals surface area contributed by atoms with Crippen molar-refractivity contribution in [2.45, 2.75) is 38.7 Å². The molecule has 1 saturated carbocycles. The SMILES string of the molecule is C[C@@H](OC(=O)CN1C(=O)[C@H]2CCCC[C@H]2C1=O)C(=O)Nc1ccc(Cl)cc1. The summed E-state index contributed by atoms with van der Waals surface area (Å²) in [7, 11) is 0. The molecule has 1 aromatic carbocycles. The highest BCUT2D eigenvalue weighted by atomic mass is 35.5. The third kappa shape index (κ3) is 4.30. The number of nitrogens with one attached hydrogen (secondary N) is 1. The van der Waals surface area contributed by atoms with Gasteiger partial charge in [-0.15, -0.1) is 0 Å². The van der Waals surface area contributed by atoms with E-state index in [1.807, 2.05) is 0 Å². The molecular formula is C19H21ClN2O5. The normalized spacial score (nSPS) is 23.0. The summed E-state index contributed by atoms with van der Waals surface area (Å²) < 4.78 is 5.10. The molecule has 3 amide bonds. The van der Waals surface area contributed by atoms with Crippen molar-refractivity contribution >= 4 is 41.0 Å². The average Bonchev–Trinajstić information content (AvgIpc) is 2.89. The number of fused-ring (bicyclic) bond motifs is 1. The zero-order valence-corrected chi connectivity index (χ0v) is 15.7. The summed E-state index contributed by atoms with van der Waals surface area (Å²) in [5.74, 6) is -2.54. The van der Waals surface area contributed by atoms with Gasteiger partial charge in [-0.05, 0) is 44.0 Å². The highest BCUT2D eigenvalue weighted by Gasteiger charge is 2.48. The van der Waals surface area contributed by atoms with E-state index >= 15 is 0 Å². The van der Waals surface area contributed by atoms with Crippen molar-refractivity contribution in [3.63, 3.8) is 0 Å². The number of anilines is 1. The van der Waals surface area contributed by atoms with Crippen molar-refractivity contribution in [2.75, 3.05) is 11.9 Å². The number of carbonyl (C=O) groups excluding carboxylic acids is 4. The van der Waals surface area contributed by atoms with Gasteiger partial charge in [0.1, 0.15) is 6.54 Å². The average molecular weight is 393 g/mol. The van der Waals surface area contributed by atoms with Gasteiger partial charge < -0.3 is 10.1 Å². The molecule has 3 atom stereocenters. The lowest BCUT2D eigenvalue weighted by Gasteiger charge is -2.19. The van der Waals surface area contributed by atoms with Crippen molar-refractivity contribution in [3.05, 3.63) is 29.3 Å². The number of carbonyl (C=O) groups is 4. The fourth-order valence-electron chi connectivity index (χ4n) is 3.58. The molecule has 1 aliphatic heterocycles. The number of likely N-dealkylation sites (tertiary alicyclic amines) is 1. The van der Waals surface area contributed by atoms with Crippen LogP contribution < -0.4 is 5.32 Å². The van der Waals surface area contributed by atoms with Gasteiger partial charge in [0.05, 0.1) is 11.8 Å². The van der Waals surface area contributed by atoms with Gasteiger partial charge >= 0.3 is 5.97 Å². The maximum Gasteiger partial charge on any atom is 0.326 e. The zero-order chi connectivity index (χ0) is 19.6. The minimum absolute atomic E-state index is 0.306. The summed E-state index contributed by atoms with van der Waals surface area (Å²) in [5, 5.41) is 3.14. The predicted molar refractivity (Wildman–Crippen MR) is 97.8 cm³/mol. The molecule has 0 spiro atoms. The molecule has 144 valence electrons. The number of halogens is 1. The predicted octanol–water partition coefficient (Wildman–Crippen LogP) is 2.39. The van der Waals surface area contributed by atoms with Gasteiger partial charge in [0.2, 0.25) is 11.8 Å². The van der Waals surface area contributed by atoms with E-state index in [1.54, 1.807) is 24.3 Å². The number of hydrogen-bond donors (Lipinski definition) is 1. The van der Waals surface area contributed by atoms with E-state index in [-0.39, 0.29) is 23.7 Å².